The zero-order valence-electron chi connectivity index (χ0n) is 13.4. The van der Waals surface area contributed by atoms with Gasteiger partial charge in [-0.3, -0.25) is 4.68 Å². The molecule has 0 radical (unpaired) electrons. The van der Waals surface area contributed by atoms with Gasteiger partial charge in [0.05, 0.1) is 5.69 Å². The van der Waals surface area contributed by atoms with Crippen LogP contribution in [0.4, 0.5) is 5.82 Å². The number of benzene rings is 1. The predicted octanol–water partition coefficient (Wildman–Crippen LogP) is 4.02. The molecule has 0 aliphatic heterocycles. The summed E-state index contributed by atoms with van der Waals surface area (Å²) < 4.78 is 1.84. The van der Waals surface area contributed by atoms with Gasteiger partial charge in [-0.05, 0) is 12.8 Å². The summed E-state index contributed by atoms with van der Waals surface area (Å²) in [7, 11) is 1.93. The van der Waals surface area contributed by atoms with Gasteiger partial charge in [0.25, 0.3) is 0 Å². The molecule has 2 aromatic heterocycles. The quantitative estimate of drug-likeness (QED) is 0.713. The van der Waals surface area contributed by atoms with Gasteiger partial charge in [0.2, 0.25) is 0 Å². The van der Waals surface area contributed by atoms with Gasteiger partial charge in [-0.15, -0.1) is 0 Å². The minimum atomic E-state index is 0.475. The molecule has 0 bridgehead atoms. The predicted molar refractivity (Wildman–Crippen MR) is 95.0 cm³/mol. The molecule has 4 rings (SSSR count). The Bertz CT molecular complexity index is 855. The molecule has 122 valence electrons. The van der Waals surface area contributed by atoms with E-state index in [1.165, 1.54) is 0 Å². The second kappa shape index (κ2) is 6.24. The van der Waals surface area contributed by atoms with E-state index in [0.29, 0.717) is 17.6 Å². The molecule has 6 heteroatoms. The summed E-state index contributed by atoms with van der Waals surface area (Å²) in [5, 5.41) is 8.43. The second-order valence-corrected chi connectivity index (χ2v) is 6.49. The number of hydrogen-bond acceptors (Lipinski definition) is 4. The van der Waals surface area contributed by atoms with Crippen LogP contribution in [0.15, 0.2) is 42.6 Å². The largest absolute Gasteiger partial charge is 0.366 e. The Morgan fingerprint density at radius 3 is 2.75 bits per heavy atom. The highest BCUT2D eigenvalue weighted by atomic mass is 35.5. The average Bonchev–Trinajstić information content (AvgIpc) is 3.36. The molecular formula is C18H18ClN5. The zero-order chi connectivity index (χ0) is 16.5. The van der Waals surface area contributed by atoms with Gasteiger partial charge in [0, 0.05) is 42.9 Å². The normalized spacial score (nSPS) is 13.9. The first-order chi connectivity index (χ1) is 11.7. The number of nitrogens with one attached hydrogen (secondary N) is 1. The van der Waals surface area contributed by atoms with Crippen molar-refractivity contribution in [1.29, 1.82) is 0 Å². The van der Waals surface area contributed by atoms with Gasteiger partial charge < -0.3 is 5.32 Å². The van der Waals surface area contributed by atoms with E-state index in [9.17, 15) is 0 Å². The smallest absolute Gasteiger partial charge is 0.135 e. The van der Waals surface area contributed by atoms with E-state index in [4.69, 9.17) is 11.6 Å². The maximum absolute atomic E-state index is 6.13. The Balaban J connectivity index is 1.56. The lowest BCUT2D eigenvalue weighted by Gasteiger charge is -2.08. The summed E-state index contributed by atoms with van der Waals surface area (Å²) in [5.74, 6) is 2.08. The molecule has 1 N–H and O–H groups in total. The highest BCUT2D eigenvalue weighted by molar-refractivity contribution is 6.29. The van der Waals surface area contributed by atoms with Crippen molar-refractivity contribution in [2.24, 2.45) is 7.05 Å². The molecule has 0 saturated heterocycles. The fourth-order valence-electron chi connectivity index (χ4n) is 2.74. The monoisotopic (exact) mass is 339 g/mol. The standard InChI is InChI=1S/C18H18ClN5/c1-24-11-14(17(23-24)12-5-3-2-4-6-12)10-20-16-9-15(19)21-18(22-16)13-7-8-13/h2-6,9,11,13H,7-8,10H2,1H3,(H,20,21,22). The van der Waals surface area contributed by atoms with Gasteiger partial charge in [-0.2, -0.15) is 5.10 Å². The minimum Gasteiger partial charge on any atom is -0.366 e. The average molecular weight is 340 g/mol. The van der Waals surface area contributed by atoms with Crippen LogP contribution in [0.25, 0.3) is 11.3 Å². The molecule has 0 spiro atoms. The zero-order valence-corrected chi connectivity index (χ0v) is 14.2. The number of nitrogens with zero attached hydrogens (tertiary/aromatic N) is 4. The van der Waals surface area contributed by atoms with Crippen molar-refractivity contribution in [3.05, 3.63) is 59.1 Å². The maximum atomic E-state index is 6.13. The van der Waals surface area contributed by atoms with Crippen LogP contribution < -0.4 is 5.32 Å². The molecule has 2 heterocycles. The van der Waals surface area contributed by atoms with Crippen molar-refractivity contribution in [3.63, 3.8) is 0 Å². The first-order valence-electron chi connectivity index (χ1n) is 8.05. The van der Waals surface area contributed by atoms with E-state index in [0.717, 1.165) is 41.3 Å². The lowest BCUT2D eigenvalue weighted by molar-refractivity contribution is 0.770. The highest BCUT2D eigenvalue weighted by Crippen LogP contribution is 2.38. The molecular weight excluding hydrogens is 322 g/mol. The molecule has 0 atom stereocenters. The molecule has 1 aliphatic carbocycles. The van der Waals surface area contributed by atoms with Crippen molar-refractivity contribution in [2.75, 3.05) is 5.32 Å². The van der Waals surface area contributed by atoms with E-state index in [1.807, 2.05) is 36.1 Å². The van der Waals surface area contributed by atoms with Crippen LogP contribution in [-0.4, -0.2) is 19.7 Å². The van der Waals surface area contributed by atoms with Gasteiger partial charge in [0.1, 0.15) is 16.8 Å². The number of aryl methyl sites for hydroxylation is 1. The molecule has 1 aliphatic rings. The Morgan fingerprint density at radius 1 is 1.21 bits per heavy atom. The van der Waals surface area contributed by atoms with Crippen molar-refractivity contribution in [1.82, 2.24) is 19.7 Å². The topological polar surface area (TPSA) is 55.6 Å². The van der Waals surface area contributed by atoms with Crippen LogP contribution in [0.2, 0.25) is 5.15 Å². The Hall–Kier alpha value is -2.40. The third-order valence-corrected chi connectivity index (χ3v) is 4.26. The first-order valence-corrected chi connectivity index (χ1v) is 8.43. The number of rotatable bonds is 5. The molecule has 1 saturated carbocycles. The van der Waals surface area contributed by atoms with Gasteiger partial charge in [-0.1, -0.05) is 41.9 Å². The number of halogens is 1. The van der Waals surface area contributed by atoms with Crippen LogP contribution in [0.5, 0.6) is 0 Å². The maximum Gasteiger partial charge on any atom is 0.135 e. The van der Waals surface area contributed by atoms with Gasteiger partial charge in [0.15, 0.2) is 0 Å². The lowest BCUT2D eigenvalue weighted by atomic mass is 10.1. The highest BCUT2D eigenvalue weighted by Gasteiger charge is 2.27. The molecule has 3 aromatic rings. The SMILES string of the molecule is Cn1cc(CNc2cc(Cl)nc(C3CC3)n2)c(-c2ccccc2)n1. The second-order valence-electron chi connectivity index (χ2n) is 6.10. The summed E-state index contributed by atoms with van der Waals surface area (Å²) >= 11 is 6.13. The Morgan fingerprint density at radius 2 is 2.00 bits per heavy atom. The van der Waals surface area contributed by atoms with Crippen LogP contribution in [0.1, 0.15) is 30.1 Å². The Kier molecular flexibility index (Phi) is 3.94. The number of aromatic nitrogens is 4. The molecule has 1 fully saturated rings. The number of anilines is 1. The van der Waals surface area contributed by atoms with E-state index < -0.39 is 0 Å². The summed E-state index contributed by atoms with van der Waals surface area (Å²) in [6, 6.07) is 12.0. The van der Waals surface area contributed by atoms with Crippen molar-refractivity contribution in [3.8, 4) is 11.3 Å². The van der Waals surface area contributed by atoms with E-state index in [1.54, 1.807) is 6.07 Å². The van der Waals surface area contributed by atoms with Crippen molar-refractivity contribution in [2.45, 2.75) is 25.3 Å². The van der Waals surface area contributed by atoms with Crippen LogP contribution >= 0.6 is 11.6 Å². The molecule has 1 aromatic carbocycles. The molecule has 0 amide bonds. The van der Waals surface area contributed by atoms with Crippen molar-refractivity contribution < 1.29 is 0 Å². The molecule has 5 nitrogen and oxygen atoms in total. The van der Waals surface area contributed by atoms with Crippen LogP contribution in [0.3, 0.4) is 0 Å². The van der Waals surface area contributed by atoms with Crippen molar-refractivity contribution >= 4 is 17.4 Å². The van der Waals surface area contributed by atoms with Gasteiger partial charge in [-0.25, -0.2) is 9.97 Å². The van der Waals surface area contributed by atoms with Gasteiger partial charge >= 0.3 is 0 Å². The third-order valence-electron chi connectivity index (χ3n) is 4.07. The lowest BCUT2D eigenvalue weighted by Crippen LogP contribution is -2.04. The number of hydrogen-bond donors (Lipinski definition) is 1. The van der Waals surface area contributed by atoms with Crippen LogP contribution in [-0.2, 0) is 13.6 Å². The fourth-order valence-corrected chi connectivity index (χ4v) is 2.93. The van der Waals surface area contributed by atoms with E-state index >= 15 is 0 Å². The van der Waals surface area contributed by atoms with E-state index in [2.05, 4.69) is 32.5 Å². The summed E-state index contributed by atoms with van der Waals surface area (Å²) in [6.45, 7) is 0.634. The first kappa shape index (κ1) is 15.1. The molecule has 24 heavy (non-hydrogen) atoms. The van der Waals surface area contributed by atoms with E-state index in [-0.39, 0.29) is 0 Å². The fraction of sp³-hybridized carbons (Fsp3) is 0.278. The summed E-state index contributed by atoms with van der Waals surface area (Å²) in [4.78, 5) is 8.90. The summed E-state index contributed by atoms with van der Waals surface area (Å²) in [5.41, 5.74) is 3.20. The third kappa shape index (κ3) is 3.26. The summed E-state index contributed by atoms with van der Waals surface area (Å²) in [6.07, 6.45) is 4.33. The van der Waals surface area contributed by atoms with Crippen LogP contribution in [0, 0.1) is 0 Å². The minimum absolute atomic E-state index is 0.475. The Labute approximate surface area is 145 Å². The molecule has 0 unspecified atom stereocenters.